The summed E-state index contributed by atoms with van der Waals surface area (Å²) in [5, 5.41) is 3.14. The van der Waals surface area contributed by atoms with Crippen molar-refractivity contribution in [2.45, 2.75) is 26.3 Å². The van der Waals surface area contributed by atoms with Gasteiger partial charge in [-0.2, -0.15) is 0 Å². The molecule has 0 fully saturated rings. The number of rotatable bonds is 8. The third-order valence-corrected chi connectivity index (χ3v) is 3.70. The molecule has 24 heavy (non-hydrogen) atoms. The summed E-state index contributed by atoms with van der Waals surface area (Å²) >= 11 is 0. The summed E-state index contributed by atoms with van der Waals surface area (Å²) < 4.78 is 5.13. The van der Waals surface area contributed by atoms with E-state index in [1.165, 1.54) is 0 Å². The van der Waals surface area contributed by atoms with Crippen LogP contribution < -0.4 is 10.1 Å². The number of carbonyl (C=O) groups is 1. The van der Waals surface area contributed by atoms with E-state index in [0.717, 1.165) is 30.7 Å². The Morgan fingerprint density at radius 1 is 1.21 bits per heavy atom. The predicted molar refractivity (Wildman–Crippen MR) is 94.2 cm³/mol. The van der Waals surface area contributed by atoms with Crippen LogP contribution in [-0.4, -0.2) is 41.5 Å². The summed E-state index contributed by atoms with van der Waals surface area (Å²) in [6.07, 6.45) is 5.18. The molecule has 6 heteroatoms. The van der Waals surface area contributed by atoms with Crippen molar-refractivity contribution in [1.82, 2.24) is 14.9 Å². The second kappa shape index (κ2) is 8.86. The van der Waals surface area contributed by atoms with E-state index >= 15 is 0 Å². The number of amides is 1. The van der Waals surface area contributed by atoms with Crippen molar-refractivity contribution >= 4 is 11.9 Å². The fourth-order valence-electron chi connectivity index (χ4n) is 2.17. The van der Waals surface area contributed by atoms with Crippen LogP contribution >= 0.6 is 0 Å². The highest BCUT2D eigenvalue weighted by Gasteiger charge is 2.12. The number of nitrogens with one attached hydrogen (secondary N) is 1. The Bertz CT molecular complexity index is 641. The Balaban J connectivity index is 1.90. The highest BCUT2D eigenvalue weighted by molar-refractivity contribution is 5.93. The minimum absolute atomic E-state index is 0.0508. The van der Waals surface area contributed by atoms with Gasteiger partial charge in [-0.3, -0.25) is 4.79 Å². The number of ether oxygens (including phenoxy) is 1. The van der Waals surface area contributed by atoms with Crippen LogP contribution in [0.5, 0.6) is 5.75 Å². The maximum Gasteiger partial charge on any atom is 0.256 e. The highest BCUT2D eigenvalue weighted by Crippen LogP contribution is 2.12. The largest absolute Gasteiger partial charge is 0.497 e. The molecular weight excluding hydrogens is 304 g/mol. The zero-order chi connectivity index (χ0) is 17.4. The van der Waals surface area contributed by atoms with Gasteiger partial charge in [-0.1, -0.05) is 25.5 Å². The predicted octanol–water partition coefficient (Wildman–Crippen LogP) is 2.97. The smallest absolute Gasteiger partial charge is 0.256 e. The molecule has 2 aromatic rings. The van der Waals surface area contributed by atoms with Crippen LogP contribution in [0.3, 0.4) is 0 Å². The highest BCUT2D eigenvalue weighted by atomic mass is 16.5. The van der Waals surface area contributed by atoms with Crippen LogP contribution in [0.25, 0.3) is 0 Å². The van der Waals surface area contributed by atoms with E-state index in [0.29, 0.717) is 18.1 Å². The Hall–Kier alpha value is -2.63. The molecule has 2 rings (SSSR count). The first kappa shape index (κ1) is 17.7. The first-order chi connectivity index (χ1) is 11.6. The van der Waals surface area contributed by atoms with Crippen molar-refractivity contribution in [3.05, 3.63) is 47.8 Å². The first-order valence-corrected chi connectivity index (χ1v) is 8.08. The van der Waals surface area contributed by atoms with Gasteiger partial charge in [-0.15, -0.1) is 0 Å². The van der Waals surface area contributed by atoms with Gasteiger partial charge in [0.1, 0.15) is 5.75 Å². The number of carbonyl (C=O) groups excluding carboxylic acids is 1. The van der Waals surface area contributed by atoms with Gasteiger partial charge in [0, 0.05) is 32.5 Å². The van der Waals surface area contributed by atoms with E-state index in [2.05, 4.69) is 22.2 Å². The van der Waals surface area contributed by atoms with Gasteiger partial charge >= 0.3 is 0 Å². The Labute approximate surface area is 142 Å². The molecule has 0 spiro atoms. The van der Waals surface area contributed by atoms with Gasteiger partial charge in [0.15, 0.2) is 0 Å². The lowest BCUT2D eigenvalue weighted by Gasteiger charge is -2.16. The number of nitrogens with zero attached hydrogens (tertiary/aromatic N) is 3. The molecule has 0 bridgehead atoms. The van der Waals surface area contributed by atoms with Gasteiger partial charge in [-0.25, -0.2) is 9.97 Å². The summed E-state index contributed by atoms with van der Waals surface area (Å²) in [6, 6.07) is 7.77. The summed E-state index contributed by atoms with van der Waals surface area (Å²) in [6.45, 7) is 3.45. The van der Waals surface area contributed by atoms with Gasteiger partial charge in [0.2, 0.25) is 5.95 Å². The molecule has 1 heterocycles. The minimum Gasteiger partial charge on any atom is -0.497 e. The van der Waals surface area contributed by atoms with Gasteiger partial charge in [0.25, 0.3) is 5.91 Å². The Morgan fingerprint density at radius 2 is 1.88 bits per heavy atom. The molecule has 128 valence electrons. The number of hydrogen-bond donors (Lipinski definition) is 1. The lowest BCUT2D eigenvalue weighted by Crippen LogP contribution is -2.28. The Kier molecular flexibility index (Phi) is 6.54. The van der Waals surface area contributed by atoms with E-state index < -0.39 is 0 Å². The number of unbranched alkanes of at least 4 members (excludes halogenated alkanes) is 1. The Morgan fingerprint density at radius 3 is 2.46 bits per heavy atom. The van der Waals surface area contributed by atoms with Crippen molar-refractivity contribution < 1.29 is 9.53 Å². The fraction of sp³-hybridized carbons (Fsp3) is 0.389. The lowest BCUT2D eigenvalue weighted by atomic mass is 10.2. The van der Waals surface area contributed by atoms with Crippen LogP contribution in [0, 0.1) is 0 Å². The molecular formula is C18H24N4O2. The average Bonchev–Trinajstić information content (AvgIpc) is 2.64. The average molecular weight is 328 g/mol. The number of benzene rings is 1. The van der Waals surface area contributed by atoms with Crippen LogP contribution in [0.4, 0.5) is 5.95 Å². The van der Waals surface area contributed by atoms with Crippen molar-refractivity contribution in [2.75, 3.05) is 26.0 Å². The molecule has 0 atom stereocenters. The van der Waals surface area contributed by atoms with Crippen molar-refractivity contribution in [3.8, 4) is 5.75 Å². The molecule has 0 aliphatic heterocycles. The zero-order valence-electron chi connectivity index (χ0n) is 14.5. The molecule has 1 aromatic heterocycles. The first-order valence-electron chi connectivity index (χ1n) is 8.08. The third-order valence-electron chi connectivity index (χ3n) is 3.70. The van der Waals surface area contributed by atoms with Crippen LogP contribution in [0.1, 0.15) is 35.7 Å². The topological polar surface area (TPSA) is 67.4 Å². The fourth-order valence-corrected chi connectivity index (χ4v) is 2.17. The number of aromatic nitrogens is 2. The maximum atomic E-state index is 12.2. The normalized spacial score (nSPS) is 10.3. The summed E-state index contributed by atoms with van der Waals surface area (Å²) in [7, 11) is 3.44. The quantitative estimate of drug-likeness (QED) is 0.807. The van der Waals surface area contributed by atoms with Gasteiger partial charge in [-0.05, 0) is 24.1 Å². The second-order valence-corrected chi connectivity index (χ2v) is 5.58. The molecule has 6 nitrogen and oxygen atoms in total. The van der Waals surface area contributed by atoms with Gasteiger partial charge in [0.05, 0.1) is 12.7 Å². The van der Waals surface area contributed by atoms with Crippen molar-refractivity contribution in [2.24, 2.45) is 0 Å². The molecule has 1 amide bonds. The lowest BCUT2D eigenvalue weighted by molar-refractivity contribution is 0.0792. The number of hydrogen-bond acceptors (Lipinski definition) is 5. The SMILES string of the molecule is CCCCN(C)C(=O)c1cnc(NCc2ccc(OC)cc2)nc1. The van der Waals surface area contributed by atoms with Gasteiger partial charge < -0.3 is 15.0 Å². The number of methoxy groups -OCH3 is 1. The van der Waals surface area contributed by atoms with Crippen molar-refractivity contribution in [3.63, 3.8) is 0 Å². The summed E-state index contributed by atoms with van der Waals surface area (Å²) in [5.74, 6) is 1.27. The maximum absolute atomic E-state index is 12.2. The van der Waals surface area contributed by atoms with E-state index in [4.69, 9.17) is 4.74 Å². The van der Waals surface area contributed by atoms with E-state index in [1.807, 2.05) is 24.3 Å². The molecule has 0 aliphatic carbocycles. The molecule has 1 N–H and O–H groups in total. The molecule has 0 unspecified atom stereocenters. The molecule has 0 saturated carbocycles. The zero-order valence-corrected chi connectivity index (χ0v) is 14.5. The van der Waals surface area contributed by atoms with E-state index in [-0.39, 0.29) is 5.91 Å². The molecule has 1 aromatic carbocycles. The molecule has 0 radical (unpaired) electrons. The molecule has 0 aliphatic rings. The second-order valence-electron chi connectivity index (χ2n) is 5.58. The van der Waals surface area contributed by atoms with Crippen LogP contribution in [0.2, 0.25) is 0 Å². The summed E-state index contributed by atoms with van der Waals surface area (Å²) in [4.78, 5) is 22.3. The summed E-state index contributed by atoms with van der Waals surface area (Å²) in [5.41, 5.74) is 1.60. The van der Waals surface area contributed by atoms with Crippen LogP contribution in [0.15, 0.2) is 36.7 Å². The number of anilines is 1. The third kappa shape index (κ3) is 4.94. The van der Waals surface area contributed by atoms with Crippen LogP contribution in [-0.2, 0) is 6.54 Å². The van der Waals surface area contributed by atoms with Crippen molar-refractivity contribution in [1.29, 1.82) is 0 Å². The van der Waals surface area contributed by atoms with E-state index in [1.54, 1.807) is 31.5 Å². The monoisotopic (exact) mass is 328 g/mol. The van der Waals surface area contributed by atoms with E-state index in [9.17, 15) is 4.79 Å². The standard InChI is InChI=1S/C18H24N4O2/c1-4-5-10-22(2)17(23)15-12-20-18(21-13-15)19-11-14-6-8-16(24-3)9-7-14/h6-9,12-13H,4-5,10-11H2,1-3H3,(H,19,20,21). The molecule has 0 saturated heterocycles. The minimum atomic E-state index is -0.0508.